The second kappa shape index (κ2) is 6.28. The summed E-state index contributed by atoms with van der Waals surface area (Å²) in [5.74, 6) is 0.616. The van der Waals surface area contributed by atoms with Crippen molar-refractivity contribution in [1.82, 2.24) is 4.90 Å². The molecular formula is C11H18N2O2. The van der Waals surface area contributed by atoms with E-state index in [1.165, 1.54) is 0 Å². The van der Waals surface area contributed by atoms with Gasteiger partial charge in [0.25, 0.3) is 0 Å². The van der Waals surface area contributed by atoms with Gasteiger partial charge in [-0.3, -0.25) is 0 Å². The van der Waals surface area contributed by atoms with Crippen molar-refractivity contribution >= 4 is 6.09 Å². The molecule has 0 aromatic heterocycles. The standard InChI is InChI=1S/C11H18N2O2/c1-3-15-11(14)13-8-5-10(6-9-13)4-7-12-2/h10H,3-9H2,1H3. The van der Waals surface area contributed by atoms with Crippen LogP contribution in [0.2, 0.25) is 0 Å². The molecule has 1 aliphatic heterocycles. The average molecular weight is 210 g/mol. The number of carbonyl (C=O) groups is 1. The summed E-state index contributed by atoms with van der Waals surface area (Å²) in [6, 6.07) is 0. The third-order valence-corrected chi connectivity index (χ3v) is 2.79. The fourth-order valence-electron chi connectivity index (χ4n) is 1.87. The van der Waals surface area contributed by atoms with E-state index in [0.29, 0.717) is 19.1 Å². The number of hydrogen-bond donors (Lipinski definition) is 0. The van der Waals surface area contributed by atoms with E-state index in [9.17, 15) is 4.79 Å². The van der Waals surface area contributed by atoms with Crippen molar-refractivity contribution in [2.24, 2.45) is 5.92 Å². The molecule has 84 valence electrons. The molecule has 1 fully saturated rings. The van der Waals surface area contributed by atoms with Crippen LogP contribution in [0.1, 0.15) is 26.2 Å². The molecule has 0 aromatic carbocycles. The minimum Gasteiger partial charge on any atom is -0.450 e. The molecule has 1 aliphatic rings. The molecule has 0 saturated carbocycles. The zero-order chi connectivity index (χ0) is 11.1. The molecular weight excluding hydrogens is 192 g/mol. The number of rotatable bonds is 3. The first kappa shape index (κ1) is 11.8. The SMILES string of the molecule is [C-]#[N+]CCC1CCN(C(=O)OCC)CC1. The van der Waals surface area contributed by atoms with Crippen LogP contribution in [0.25, 0.3) is 4.85 Å². The van der Waals surface area contributed by atoms with E-state index in [0.717, 1.165) is 32.4 Å². The average Bonchev–Trinajstić information content (AvgIpc) is 2.27. The number of amides is 1. The minimum absolute atomic E-state index is 0.193. The molecule has 15 heavy (non-hydrogen) atoms. The molecule has 0 atom stereocenters. The van der Waals surface area contributed by atoms with Crippen LogP contribution in [0.15, 0.2) is 0 Å². The maximum Gasteiger partial charge on any atom is 0.409 e. The summed E-state index contributed by atoms with van der Waals surface area (Å²) in [6.07, 6.45) is 2.80. The minimum atomic E-state index is -0.193. The molecule has 0 N–H and O–H groups in total. The van der Waals surface area contributed by atoms with E-state index in [2.05, 4.69) is 4.85 Å². The molecule has 0 radical (unpaired) electrons. The van der Waals surface area contributed by atoms with Gasteiger partial charge in [-0.15, -0.1) is 0 Å². The van der Waals surface area contributed by atoms with Gasteiger partial charge in [0.05, 0.1) is 6.61 Å². The van der Waals surface area contributed by atoms with E-state index >= 15 is 0 Å². The van der Waals surface area contributed by atoms with Crippen LogP contribution < -0.4 is 0 Å². The predicted octanol–water partition coefficient (Wildman–Crippen LogP) is 2.16. The first-order valence-electron chi connectivity index (χ1n) is 5.52. The summed E-state index contributed by atoms with van der Waals surface area (Å²) in [6.45, 7) is 11.2. The van der Waals surface area contributed by atoms with Crippen LogP contribution in [0.5, 0.6) is 0 Å². The van der Waals surface area contributed by atoms with Gasteiger partial charge in [0.15, 0.2) is 0 Å². The number of piperidine rings is 1. The van der Waals surface area contributed by atoms with Crippen LogP contribution >= 0.6 is 0 Å². The summed E-state index contributed by atoms with van der Waals surface area (Å²) >= 11 is 0. The Labute approximate surface area is 91.0 Å². The lowest BCUT2D eigenvalue weighted by Gasteiger charge is -2.30. The normalized spacial score (nSPS) is 17.2. The van der Waals surface area contributed by atoms with E-state index in [4.69, 9.17) is 11.3 Å². The molecule has 1 amide bonds. The molecule has 0 spiro atoms. The molecule has 0 aliphatic carbocycles. The number of ether oxygens (including phenoxy) is 1. The topological polar surface area (TPSA) is 33.9 Å². The Kier molecular flexibility index (Phi) is 4.96. The third kappa shape index (κ3) is 3.78. The van der Waals surface area contributed by atoms with E-state index in [1.807, 2.05) is 6.92 Å². The number of hydrogen-bond acceptors (Lipinski definition) is 2. The molecule has 0 aromatic rings. The summed E-state index contributed by atoms with van der Waals surface area (Å²) in [5.41, 5.74) is 0. The summed E-state index contributed by atoms with van der Waals surface area (Å²) in [4.78, 5) is 16.5. The van der Waals surface area contributed by atoms with Crippen molar-refractivity contribution in [3.63, 3.8) is 0 Å². The van der Waals surface area contributed by atoms with Crippen molar-refractivity contribution in [3.05, 3.63) is 11.4 Å². The maximum atomic E-state index is 11.4. The highest BCUT2D eigenvalue weighted by Crippen LogP contribution is 2.20. The highest BCUT2D eigenvalue weighted by atomic mass is 16.6. The van der Waals surface area contributed by atoms with Crippen molar-refractivity contribution in [2.45, 2.75) is 26.2 Å². The Morgan fingerprint density at radius 3 is 2.73 bits per heavy atom. The lowest BCUT2D eigenvalue weighted by molar-refractivity contribution is 0.0914. The highest BCUT2D eigenvalue weighted by Gasteiger charge is 2.23. The zero-order valence-electron chi connectivity index (χ0n) is 9.24. The predicted molar refractivity (Wildman–Crippen MR) is 57.4 cm³/mol. The van der Waals surface area contributed by atoms with E-state index in [1.54, 1.807) is 4.90 Å². The van der Waals surface area contributed by atoms with Crippen LogP contribution in [-0.2, 0) is 4.74 Å². The quantitative estimate of drug-likeness (QED) is 0.669. The van der Waals surface area contributed by atoms with Gasteiger partial charge in [0.1, 0.15) is 0 Å². The van der Waals surface area contributed by atoms with Gasteiger partial charge < -0.3 is 14.5 Å². The fourth-order valence-corrected chi connectivity index (χ4v) is 1.87. The van der Waals surface area contributed by atoms with Crippen LogP contribution in [0, 0.1) is 12.5 Å². The number of carbonyl (C=O) groups excluding carboxylic acids is 1. The Bertz CT molecular complexity index is 239. The number of likely N-dealkylation sites (tertiary alicyclic amines) is 1. The molecule has 1 heterocycles. The monoisotopic (exact) mass is 210 g/mol. The summed E-state index contributed by atoms with van der Waals surface area (Å²) in [5, 5.41) is 0. The van der Waals surface area contributed by atoms with Gasteiger partial charge in [-0.2, -0.15) is 0 Å². The molecule has 0 unspecified atom stereocenters. The van der Waals surface area contributed by atoms with Gasteiger partial charge in [0.2, 0.25) is 6.54 Å². The molecule has 4 nitrogen and oxygen atoms in total. The first-order chi connectivity index (χ1) is 7.27. The van der Waals surface area contributed by atoms with E-state index < -0.39 is 0 Å². The smallest absolute Gasteiger partial charge is 0.409 e. The highest BCUT2D eigenvalue weighted by molar-refractivity contribution is 5.67. The Hall–Kier alpha value is -1.24. The Morgan fingerprint density at radius 2 is 2.20 bits per heavy atom. The van der Waals surface area contributed by atoms with Gasteiger partial charge in [-0.05, 0) is 25.7 Å². The summed E-state index contributed by atoms with van der Waals surface area (Å²) in [7, 11) is 0. The van der Waals surface area contributed by atoms with Crippen molar-refractivity contribution in [1.29, 1.82) is 0 Å². The maximum absolute atomic E-state index is 11.4. The van der Waals surface area contributed by atoms with Crippen molar-refractivity contribution in [2.75, 3.05) is 26.2 Å². The third-order valence-electron chi connectivity index (χ3n) is 2.79. The second-order valence-electron chi connectivity index (χ2n) is 3.80. The first-order valence-corrected chi connectivity index (χ1v) is 5.52. The largest absolute Gasteiger partial charge is 0.450 e. The molecule has 4 heteroatoms. The van der Waals surface area contributed by atoms with Crippen molar-refractivity contribution in [3.8, 4) is 0 Å². The van der Waals surface area contributed by atoms with Gasteiger partial charge in [-0.25, -0.2) is 11.4 Å². The molecule has 0 bridgehead atoms. The van der Waals surface area contributed by atoms with Gasteiger partial charge in [0, 0.05) is 19.5 Å². The van der Waals surface area contributed by atoms with Crippen LogP contribution in [0.4, 0.5) is 4.79 Å². The number of nitrogens with zero attached hydrogens (tertiary/aromatic N) is 2. The van der Waals surface area contributed by atoms with Gasteiger partial charge in [-0.1, -0.05) is 0 Å². The Balaban J connectivity index is 2.23. The van der Waals surface area contributed by atoms with Crippen molar-refractivity contribution < 1.29 is 9.53 Å². The molecule has 1 rings (SSSR count). The van der Waals surface area contributed by atoms with E-state index in [-0.39, 0.29) is 6.09 Å². The lowest BCUT2D eigenvalue weighted by Crippen LogP contribution is -2.38. The Morgan fingerprint density at radius 1 is 1.53 bits per heavy atom. The summed E-state index contributed by atoms with van der Waals surface area (Å²) < 4.78 is 4.94. The fraction of sp³-hybridized carbons (Fsp3) is 0.818. The lowest BCUT2D eigenvalue weighted by atomic mass is 9.94. The van der Waals surface area contributed by atoms with Crippen LogP contribution in [-0.4, -0.2) is 37.2 Å². The van der Waals surface area contributed by atoms with Crippen LogP contribution in [0.3, 0.4) is 0 Å². The second-order valence-corrected chi connectivity index (χ2v) is 3.80. The zero-order valence-corrected chi connectivity index (χ0v) is 9.24. The molecule has 1 saturated heterocycles. The van der Waals surface area contributed by atoms with Gasteiger partial charge >= 0.3 is 6.09 Å².